The SMILES string of the molecule is c1ccc2cc(-c3cccc4ccc(-c5c6ccccc6c(-c6cccc7ccccc67)c6ccccc56)cc34)ccc2c1. The van der Waals surface area contributed by atoms with E-state index >= 15 is 0 Å². The smallest absolute Gasteiger partial charge is 0.00201 e. The van der Waals surface area contributed by atoms with Gasteiger partial charge in [0.15, 0.2) is 0 Å². The van der Waals surface area contributed by atoms with E-state index in [1.165, 1.54) is 87.2 Å². The second-order valence-electron chi connectivity index (χ2n) is 11.7. The Hall–Kier alpha value is -5.72. The maximum atomic E-state index is 2.41. The van der Waals surface area contributed by atoms with Gasteiger partial charge in [-0.1, -0.05) is 158 Å². The van der Waals surface area contributed by atoms with Gasteiger partial charge in [-0.15, -0.1) is 0 Å². The van der Waals surface area contributed by atoms with E-state index in [9.17, 15) is 0 Å². The minimum absolute atomic E-state index is 1.24. The van der Waals surface area contributed by atoms with E-state index in [2.05, 4.69) is 170 Å². The van der Waals surface area contributed by atoms with E-state index in [1.807, 2.05) is 0 Å². The third-order valence-electron chi connectivity index (χ3n) is 9.22. The van der Waals surface area contributed by atoms with E-state index < -0.39 is 0 Å². The molecule has 0 aliphatic carbocycles. The highest BCUT2D eigenvalue weighted by Gasteiger charge is 2.18. The van der Waals surface area contributed by atoms with Crippen LogP contribution in [0.15, 0.2) is 170 Å². The highest BCUT2D eigenvalue weighted by Crippen LogP contribution is 2.46. The molecule has 0 heteroatoms. The van der Waals surface area contributed by atoms with Crippen LogP contribution in [0.1, 0.15) is 0 Å². The van der Waals surface area contributed by atoms with Crippen LogP contribution in [0.3, 0.4) is 0 Å². The summed E-state index contributed by atoms with van der Waals surface area (Å²) < 4.78 is 0. The van der Waals surface area contributed by atoms with Crippen molar-refractivity contribution in [3.63, 3.8) is 0 Å². The summed E-state index contributed by atoms with van der Waals surface area (Å²) in [5.74, 6) is 0. The molecule has 0 bridgehead atoms. The van der Waals surface area contributed by atoms with Crippen LogP contribution in [-0.4, -0.2) is 0 Å². The number of rotatable bonds is 3. The number of hydrogen-bond acceptors (Lipinski definition) is 0. The maximum absolute atomic E-state index is 2.41. The lowest BCUT2D eigenvalue weighted by Gasteiger charge is -2.19. The van der Waals surface area contributed by atoms with Crippen molar-refractivity contribution in [2.45, 2.75) is 0 Å². The number of benzene rings is 9. The molecule has 0 aliphatic rings. The van der Waals surface area contributed by atoms with E-state index in [1.54, 1.807) is 0 Å². The summed E-state index contributed by atoms with van der Waals surface area (Å²) in [7, 11) is 0. The molecule has 0 atom stereocenters. The van der Waals surface area contributed by atoms with Crippen molar-refractivity contribution in [3.8, 4) is 33.4 Å². The van der Waals surface area contributed by atoms with Crippen LogP contribution < -0.4 is 0 Å². The Morgan fingerprint density at radius 1 is 0.227 bits per heavy atom. The van der Waals surface area contributed by atoms with E-state index in [0.29, 0.717) is 0 Å². The minimum Gasteiger partial charge on any atom is -0.0616 e. The van der Waals surface area contributed by atoms with Crippen LogP contribution in [0.5, 0.6) is 0 Å². The summed E-state index contributed by atoms with van der Waals surface area (Å²) in [4.78, 5) is 0. The first-order valence-electron chi connectivity index (χ1n) is 15.3. The van der Waals surface area contributed by atoms with Crippen LogP contribution in [-0.2, 0) is 0 Å². The van der Waals surface area contributed by atoms with Crippen molar-refractivity contribution in [1.82, 2.24) is 0 Å². The molecule has 9 aromatic rings. The van der Waals surface area contributed by atoms with Gasteiger partial charge in [0.25, 0.3) is 0 Å². The van der Waals surface area contributed by atoms with Crippen LogP contribution in [0.25, 0.3) is 87.2 Å². The fraction of sp³-hybridized carbons (Fsp3) is 0. The van der Waals surface area contributed by atoms with Gasteiger partial charge < -0.3 is 0 Å². The third-order valence-corrected chi connectivity index (χ3v) is 9.22. The normalized spacial score (nSPS) is 11.6. The maximum Gasteiger partial charge on any atom is -0.00201 e. The first-order valence-corrected chi connectivity index (χ1v) is 15.3. The predicted molar refractivity (Wildman–Crippen MR) is 190 cm³/mol. The Kier molecular flexibility index (Phi) is 5.61. The van der Waals surface area contributed by atoms with Crippen LogP contribution in [0, 0.1) is 0 Å². The third kappa shape index (κ3) is 3.85. The van der Waals surface area contributed by atoms with Crippen LogP contribution in [0.4, 0.5) is 0 Å². The molecular formula is C44H28. The van der Waals surface area contributed by atoms with Crippen molar-refractivity contribution in [3.05, 3.63) is 170 Å². The molecule has 0 fully saturated rings. The Morgan fingerprint density at radius 3 is 1.41 bits per heavy atom. The summed E-state index contributed by atoms with van der Waals surface area (Å²) in [6.45, 7) is 0. The van der Waals surface area contributed by atoms with Gasteiger partial charge in [-0.05, 0) is 99.4 Å². The zero-order valence-corrected chi connectivity index (χ0v) is 24.2. The molecule has 0 nitrogen and oxygen atoms in total. The molecule has 0 spiro atoms. The van der Waals surface area contributed by atoms with Crippen molar-refractivity contribution in [1.29, 1.82) is 0 Å². The molecule has 9 rings (SSSR count). The highest BCUT2D eigenvalue weighted by molar-refractivity contribution is 6.24. The first kappa shape index (κ1) is 24.8. The quantitative estimate of drug-likeness (QED) is 0.190. The van der Waals surface area contributed by atoms with E-state index in [-0.39, 0.29) is 0 Å². The largest absolute Gasteiger partial charge is 0.0616 e. The Bertz CT molecular complexity index is 2490. The van der Waals surface area contributed by atoms with Crippen molar-refractivity contribution < 1.29 is 0 Å². The van der Waals surface area contributed by atoms with Crippen molar-refractivity contribution >= 4 is 53.9 Å². The molecule has 0 saturated carbocycles. The Balaban J connectivity index is 1.34. The minimum atomic E-state index is 1.24. The molecule has 0 unspecified atom stereocenters. The second-order valence-corrected chi connectivity index (χ2v) is 11.7. The average Bonchev–Trinajstić information content (AvgIpc) is 3.09. The topological polar surface area (TPSA) is 0 Å². The predicted octanol–water partition coefficient (Wildman–Crippen LogP) is 12.5. The summed E-state index contributed by atoms with van der Waals surface area (Å²) >= 11 is 0. The molecular weight excluding hydrogens is 528 g/mol. The molecule has 0 aliphatic heterocycles. The first-order chi connectivity index (χ1) is 21.8. The lowest BCUT2D eigenvalue weighted by molar-refractivity contribution is 1.66. The lowest BCUT2D eigenvalue weighted by Crippen LogP contribution is -1.92. The highest BCUT2D eigenvalue weighted by atomic mass is 14.2. The van der Waals surface area contributed by atoms with Gasteiger partial charge in [-0.2, -0.15) is 0 Å². The zero-order valence-electron chi connectivity index (χ0n) is 24.2. The summed E-state index contributed by atoms with van der Waals surface area (Å²) in [5, 5.41) is 12.7. The van der Waals surface area contributed by atoms with Gasteiger partial charge >= 0.3 is 0 Å². The van der Waals surface area contributed by atoms with Gasteiger partial charge in [0.1, 0.15) is 0 Å². The van der Waals surface area contributed by atoms with Crippen LogP contribution in [0.2, 0.25) is 0 Å². The molecule has 0 amide bonds. The fourth-order valence-corrected chi connectivity index (χ4v) is 7.21. The van der Waals surface area contributed by atoms with Crippen LogP contribution >= 0.6 is 0 Å². The molecule has 44 heavy (non-hydrogen) atoms. The monoisotopic (exact) mass is 556 g/mol. The van der Waals surface area contributed by atoms with Gasteiger partial charge in [0.05, 0.1) is 0 Å². The summed E-state index contributed by atoms with van der Waals surface area (Å²) in [6.07, 6.45) is 0. The van der Waals surface area contributed by atoms with Gasteiger partial charge in [0, 0.05) is 0 Å². The molecule has 204 valence electrons. The Morgan fingerprint density at radius 2 is 0.705 bits per heavy atom. The van der Waals surface area contributed by atoms with Crippen molar-refractivity contribution in [2.75, 3.05) is 0 Å². The average molecular weight is 557 g/mol. The molecule has 0 radical (unpaired) electrons. The zero-order chi connectivity index (χ0) is 29.0. The molecule has 0 saturated heterocycles. The Labute approximate surface area is 256 Å². The van der Waals surface area contributed by atoms with E-state index in [0.717, 1.165) is 0 Å². The molecule has 0 heterocycles. The van der Waals surface area contributed by atoms with E-state index in [4.69, 9.17) is 0 Å². The standard InChI is InChI=1S/C44H28/c1-2-13-32-27-33(25-23-29(32)11-1)36-21-9-15-31-24-26-34(28-42(31)36)43-38-17-5-7-19-40(38)44(41-20-8-6-18-39(41)43)37-22-10-14-30-12-3-4-16-35(30)37/h1-28H. The summed E-state index contributed by atoms with van der Waals surface area (Å²) in [6, 6.07) is 62.4. The molecule has 9 aromatic carbocycles. The second kappa shape index (κ2) is 9.93. The molecule has 0 aromatic heterocycles. The number of hydrogen-bond donors (Lipinski definition) is 0. The summed E-state index contributed by atoms with van der Waals surface area (Å²) in [5.41, 5.74) is 7.61. The van der Waals surface area contributed by atoms with Gasteiger partial charge in [-0.3, -0.25) is 0 Å². The lowest BCUT2D eigenvalue weighted by atomic mass is 9.84. The number of fused-ring (bicyclic) bond motifs is 5. The van der Waals surface area contributed by atoms with Crippen molar-refractivity contribution in [2.24, 2.45) is 0 Å². The fourth-order valence-electron chi connectivity index (χ4n) is 7.21. The van der Waals surface area contributed by atoms with Gasteiger partial charge in [-0.25, -0.2) is 0 Å². The van der Waals surface area contributed by atoms with Gasteiger partial charge in [0.2, 0.25) is 0 Å². The molecule has 0 N–H and O–H groups in total.